The minimum Gasteiger partial charge on any atom is -0.451 e. The van der Waals surface area contributed by atoms with Gasteiger partial charge in [-0.25, -0.2) is 4.98 Å². The molecule has 1 amide bonds. The number of likely N-dealkylation sites (tertiary alicyclic amines) is 1. The van der Waals surface area contributed by atoms with E-state index in [-0.39, 0.29) is 23.0 Å². The Balaban J connectivity index is 1.43. The number of amides is 1. The molecule has 2 aromatic carbocycles. The van der Waals surface area contributed by atoms with Crippen molar-refractivity contribution in [2.45, 2.75) is 18.8 Å². The van der Waals surface area contributed by atoms with Crippen molar-refractivity contribution in [3.05, 3.63) is 74.5 Å². The number of nitrogens with zero attached hydrogens (tertiary/aromatic N) is 2. The zero-order chi connectivity index (χ0) is 20.0. The zero-order valence-electron chi connectivity index (χ0n) is 15.4. The normalized spacial score (nSPS) is 17.1. The Morgan fingerprint density at radius 1 is 1.21 bits per heavy atom. The molecule has 0 N–H and O–H groups in total. The van der Waals surface area contributed by atoms with Crippen LogP contribution in [0.1, 0.15) is 34.3 Å². The summed E-state index contributed by atoms with van der Waals surface area (Å²) in [6, 6.07) is 14.2. The van der Waals surface area contributed by atoms with E-state index in [0.717, 1.165) is 28.1 Å². The number of carbonyl (C=O) groups excluding carboxylic acids is 1. The monoisotopic (exact) mass is 424 g/mol. The standard InChI is InChI=1S/C22H17ClN2O3S/c23-14-7-8-18-15(10-14)17(26)11-19(28-18)22(27)25-9-3-4-13(12-25)21-24-16-5-1-2-6-20(16)29-21/h1-2,5-8,10-11,13H,3-4,9,12H2/t13-/m1/s1. The van der Waals surface area contributed by atoms with E-state index in [1.807, 2.05) is 18.2 Å². The van der Waals surface area contributed by atoms with E-state index in [4.69, 9.17) is 21.0 Å². The Morgan fingerprint density at radius 2 is 2.07 bits per heavy atom. The first-order chi connectivity index (χ1) is 14.1. The summed E-state index contributed by atoms with van der Waals surface area (Å²) in [6.07, 6.45) is 1.88. The number of hydrogen-bond donors (Lipinski definition) is 0. The maximum absolute atomic E-state index is 13.1. The molecule has 1 saturated heterocycles. The number of piperidine rings is 1. The fourth-order valence-electron chi connectivity index (χ4n) is 3.82. The summed E-state index contributed by atoms with van der Waals surface area (Å²) >= 11 is 7.64. The quantitative estimate of drug-likeness (QED) is 0.450. The van der Waals surface area contributed by atoms with Crippen LogP contribution in [0.15, 0.2) is 57.7 Å². The molecule has 0 unspecified atom stereocenters. The molecule has 7 heteroatoms. The van der Waals surface area contributed by atoms with Crippen LogP contribution >= 0.6 is 22.9 Å². The van der Waals surface area contributed by atoms with Gasteiger partial charge in [-0.3, -0.25) is 9.59 Å². The van der Waals surface area contributed by atoms with Gasteiger partial charge in [0.1, 0.15) is 5.58 Å². The molecule has 0 radical (unpaired) electrons. The number of hydrogen-bond acceptors (Lipinski definition) is 5. The average Bonchev–Trinajstić information content (AvgIpc) is 3.18. The van der Waals surface area contributed by atoms with Crippen LogP contribution in [0, 0.1) is 0 Å². The maximum atomic E-state index is 13.1. The summed E-state index contributed by atoms with van der Waals surface area (Å²) in [4.78, 5) is 32.0. The first-order valence-electron chi connectivity index (χ1n) is 9.46. The van der Waals surface area contributed by atoms with Gasteiger partial charge in [0.25, 0.3) is 5.91 Å². The van der Waals surface area contributed by atoms with Crippen LogP contribution in [0.2, 0.25) is 5.02 Å². The summed E-state index contributed by atoms with van der Waals surface area (Å²) in [7, 11) is 0. The van der Waals surface area contributed by atoms with Gasteiger partial charge in [0.05, 0.1) is 20.6 Å². The van der Waals surface area contributed by atoms with E-state index in [2.05, 4.69) is 6.07 Å². The van der Waals surface area contributed by atoms with Crippen molar-refractivity contribution in [1.29, 1.82) is 0 Å². The van der Waals surface area contributed by atoms with Crippen LogP contribution in [0.25, 0.3) is 21.2 Å². The molecule has 146 valence electrons. The van der Waals surface area contributed by atoms with E-state index in [1.165, 1.54) is 6.07 Å². The van der Waals surface area contributed by atoms with E-state index in [9.17, 15) is 9.59 Å². The second-order valence-corrected chi connectivity index (χ2v) is 8.72. The molecule has 1 aliphatic rings. The number of rotatable bonds is 2. The first-order valence-corrected chi connectivity index (χ1v) is 10.7. The molecule has 29 heavy (non-hydrogen) atoms. The number of benzene rings is 2. The third kappa shape index (κ3) is 3.43. The fourth-order valence-corrected chi connectivity index (χ4v) is 5.08. The minimum absolute atomic E-state index is 0.0646. The Kier molecular flexibility index (Phi) is 4.60. The second-order valence-electron chi connectivity index (χ2n) is 7.23. The number of aromatic nitrogens is 1. The molecule has 0 aliphatic carbocycles. The largest absolute Gasteiger partial charge is 0.451 e. The zero-order valence-corrected chi connectivity index (χ0v) is 17.0. The lowest BCUT2D eigenvalue weighted by Gasteiger charge is -2.31. The molecule has 1 fully saturated rings. The van der Waals surface area contributed by atoms with Crippen molar-refractivity contribution < 1.29 is 9.21 Å². The Morgan fingerprint density at radius 3 is 2.93 bits per heavy atom. The Bertz CT molecular complexity index is 1260. The fraction of sp³-hybridized carbons (Fsp3) is 0.227. The lowest BCUT2D eigenvalue weighted by atomic mass is 9.98. The Hall–Kier alpha value is -2.70. The van der Waals surface area contributed by atoms with Crippen molar-refractivity contribution in [1.82, 2.24) is 9.88 Å². The van der Waals surface area contributed by atoms with Gasteiger partial charge in [0.2, 0.25) is 0 Å². The third-order valence-electron chi connectivity index (χ3n) is 5.27. The number of carbonyl (C=O) groups is 1. The number of thiazole rings is 1. The highest BCUT2D eigenvalue weighted by molar-refractivity contribution is 7.18. The van der Waals surface area contributed by atoms with E-state index < -0.39 is 0 Å². The van der Waals surface area contributed by atoms with Crippen molar-refractivity contribution in [2.24, 2.45) is 0 Å². The number of halogens is 1. The van der Waals surface area contributed by atoms with Crippen LogP contribution < -0.4 is 5.43 Å². The molecule has 0 spiro atoms. The lowest BCUT2D eigenvalue weighted by Crippen LogP contribution is -2.39. The van der Waals surface area contributed by atoms with Gasteiger partial charge in [0, 0.05) is 30.1 Å². The van der Waals surface area contributed by atoms with Crippen LogP contribution in [-0.4, -0.2) is 28.9 Å². The van der Waals surface area contributed by atoms with E-state index >= 15 is 0 Å². The molecule has 3 heterocycles. The smallest absolute Gasteiger partial charge is 0.289 e. The van der Waals surface area contributed by atoms with Gasteiger partial charge in [-0.15, -0.1) is 11.3 Å². The molecule has 1 aliphatic heterocycles. The van der Waals surface area contributed by atoms with Crippen LogP contribution in [-0.2, 0) is 0 Å². The molecule has 1 atom stereocenters. The first kappa shape index (κ1) is 18.3. The van der Waals surface area contributed by atoms with Gasteiger partial charge >= 0.3 is 0 Å². The topological polar surface area (TPSA) is 63.4 Å². The van der Waals surface area contributed by atoms with Crippen molar-refractivity contribution >= 4 is 50.0 Å². The van der Waals surface area contributed by atoms with Crippen LogP contribution in [0.4, 0.5) is 0 Å². The van der Waals surface area contributed by atoms with Crippen LogP contribution in [0.5, 0.6) is 0 Å². The highest BCUT2D eigenvalue weighted by atomic mass is 35.5. The van der Waals surface area contributed by atoms with Gasteiger partial charge < -0.3 is 9.32 Å². The summed E-state index contributed by atoms with van der Waals surface area (Å²) in [5.41, 5.74) is 1.09. The minimum atomic E-state index is -0.267. The molecule has 2 aromatic heterocycles. The molecule has 5 nitrogen and oxygen atoms in total. The van der Waals surface area contributed by atoms with Gasteiger partial charge in [0.15, 0.2) is 11.2 Å². The molecule has 0 bridgehead atoms. The molecular formula is C22H17ClN2O3S. The Labute approximate surface area is 175 Å². The van der Waals surface area contributed by atoms with Gasteiger partial charge in [-0.05, 0) is 43.2 Å². The number of fused-ring (bicyclic) bond motifs is 2. The van der Waals surface area contributed by atoms with E-state index in [1.54, 1.807) is 34.4 Å². The SMILES string of the molecule is O=C(c1cc(=O)c2cc(Cl)ccc2o1)N1CCC[C@@H](c2nc3ccccc3s2)C1. The summed E-state index contributed by atoms with van der Waals surface area (Å²) in [5, 5.41) is 1.89. The molecule has 4 aromatic rings. The summed E-state index contributed by atoms with van der Waals surface area (Å²) in [6.45, 7) is 1.21. The maximum Gasteiger partial charge on any atom is 0.289 e. The van der Waals surface area contributed by atoms with Crippen molar-refractivity contribution in [3.63, 3.8) is 0 Å². The van der Waals surface area contributed by atoms with Crippen molar-refractivity contribution in [3.8, 4) is 0 Å². The summed E-state index contributed by atoms with van der Waals surface area (Å²) in [5.74, 6) is -0.00406. The van der Waals surface area contributed by atoms with Crippen LogP contribution in [0.3, 0.4) is 0 Å². The molecular weight excluding hydrogens is 408 g/mol. The second kappa shape index (κ2) is 7.28. The summed E-state index contributed by atoms with van der Waals surface area (Å²) < 4.78 is 6.90. The highest BCUT2D eigenvalue weighted by Crippen LogP contribution is 2.33. The third-order valence-corrected chi connectivity index (χ3v) is 6.70. The lowest BCUT2D eigenvalue weighted by molar-refractivity contribution is 0.0675. The average molecular weight is 425 g/mol. The number of para-hydroxylation sites is 1. The predicted molar refractivity (Wildman–Crippen MR) is 115 cm³/mol. The molecule has 5 rings (SSSR count). The van der Waals surface area contributed by atoms with Gasteiger partial charge in [-0.1, -0.05) is 23.7 Å². The highest BCUT2D eigenvalue weighted by Gasteiger charge is 2.29. The van der Waals surface area contributed by atoms with Crippen molar-refractivity contribution in [2.75, 3.05) is 13.1 Å². The van der Waals surface area contributed by atoms with E-state index in [0.29, 0.717) is 29.1 Å². The molecule has 0 saturated carbocycles. The predicted octanol–water partition coefficient (Wildman–Crippen LogP) is 5.08. The van der Waals surface area contributed by atoms with Gasteiger partial charge in [-0.2, -0.15) is 0 Å².